The van der Waals surface area contributed by atoms with E-state index in [0.29, 0.717) is 11.8 Å². The van der Waals surface area contributed by atoms with Crippen molar-refractivity contribution in [2.45, 2.75) is 59.0 Å². The molecule has 0 saturated carbocycles. The molecular formula is C16H24N2O. The van der Waals surface area contributed by atoms with E-state index >= 15 is 0 Å². The predicted octanol–water partition coefficient (Wildman–Crippen LogP) is 3.81. The third-order valence-corrected chi connectivity index (χ3v) is 3.52. The van der Waals surface area contributed by atoms with Gasteiger partial charge in [0.2, 0.25) is 0 Å². The lowest BCUT2D eigenvalue weighted by Gasteiger charge is -2.23. The maximum absolute atomic E-state index is 10.4. The number of rotatable bonds is 3. The van der Waals surface area contributed by atoms with Crippen LogP contribution in [0, 0.1) is 0 Å². The first kappa shape index (κ1) is 14.1. The summed E-state index contributed by atoms with van der Waals surface area (Å²) in [6, 6.07) is 4.28. The van der Waals surface area contributed by atoms with Gasteiger partial charge in [-0.3, -0.25) is 0 Å². The zero-order valence-electron chi connectivity index (χ0n) is 12.7. The zero-order valence-corrected chi connectivity index (χ0v) is 12.7. The lowest BCUT2D eigenvalue weighted by molar-refractivity contribution is 0.0768. The Kier molecular flexibility index (Phi) is 3.43. The van der Waals surface area contributed by atoms with Gasteiger partial charge in [0, 0.05) is 11.8 Å². The van der Waals surface area contributed by atoms with Crippen molar-refractivity contribution in [2.24, 2.45) is 0 Å². The maximum atomic E-state index is 10.4. The number of fused-ring (bicyclic) bond motifs is 1. The lowest BCUT2D eigenvalue weighted by atomic mass is 9.89. The van der Waals surface area contributed by atoms with Crippen molar-refractivity contribution < 1.29 is 5.11 Å². The van der Waals surface area contributed by atoms with Crippen molar-refractivity contribution in [1.29, 1.82) is 0 Å². The van der Waals surface area contributed by atoms with Gasteiger partial charge < -0.3 is 5.11 Å². The molecule has 0 spiro atoms. The summed E-state index contributed by atoms with van der Waals surface area (Å²) in [5, 5.41) is 14.9. The average molecular weight is 260 g/mol. The van der Waals surface area contributed by atoms with Crippen LogP contribution < -0.4 is 0 Å². The van der Waals surface area contributed by atoms with Gasteiger partial charge in [-0.15, -0.1) is 0 Å². The van der Waals surface area contributed by atoms with Gasteiger partial charge in [-0.25, -0.2) is 4.52 Å². The summed E-state index contributed by atoms with van der Waals surface area (Å²) in [6.45, 7) is 12.2. The third-order valence-electron chi connectivity index (χ3n) is 3.52. The summed E-state index contributed by atoms with van der Waals surface area (Å²) in [7, 11) is 0. The van der Waals surface area contributed by atoms with Crippen LogP contribution in [-0.4, -0.2) is 14.7 Å². The van der Waals surface area contributed by atoms with Crippen molar-refractivity contribution in [3.05, 3.63) is 35.2 Å². The zero-order chi connectivity index (χ0) is 14.4. The van der Waals surface area contributed by atoms with Gasteiger partial charge in [0.15, 0.2) is 0 Å². The van der Waals surface area contributed by atoms with Gasteiger partial charge in [-0.05, 0) is 43.4 Å². The number of pyridine rings is 1. The fraction of sp³-hybridized carbons (Fsp3) is 0.562. The molecule has 3 nitrogen and oxygen atoms in total. The van der Waals surface area contributed by atoms with E-state index in [4.69, 9.17) is 0 Å². The van der Waals surface area contributed by atoms with Crippen LogP contribution in [0.25, 0.3) is 5.52 Å². The molecule has 0 atom stereocenters. The van der Waals surface area contributed by atoms with Crippen LogP contribution in [0.3, 0.4) is 0 Å². The molecule has 0 aliphatic heterocycles. The monoisotopic (exact) mass is 260 g/mol. The molecule has 0 aromatic carbocycles. The molecule has 19 heavy (non-hydrogen) atoms. The van der Waals surface area contributed by atoms with Crippen LogP contribution in [0.1, 0.15) is 70.2 Å². The number of hydrogen-bond acceptors (Lipinski definition) is 2. The fourth-order valence-corrected chi connectivity index (χ4v) is 2.34. The topological polar surface area (TPSA) is 37.5 Å². The number of aliphatic hydroxyl groups is 1. The molecule has 0 fully saturated rings. The quantitative estimate of drug-likeness (QED) is 0.911. The second kappa shape index (κ2) is 4.64. The molecule has 0 saturated heterocycles. The number of aromatic nitrogens is 2. The number of hydrogen-bond donors (Lipinski definition) is 1. The highest BCUT2D eigenvalue weighted by molar-refractivity contribution is 5.53. The summed E-state index contributed by atoms with van der Waals surface area (Å²) in [4.78, 5) is 0. The SMILES string of the molecule is CC(C)c1cc2cc(C(C)C)c(C(C)(C)O)cn2n1. The predicted molar refractivity (Wildman–Crippen MR) is 78.6 cm³/mol. The first-order valence-corrected chi connectivity index (χ1v) is 6.96. The summed E-state index contributed by atoms with van der Waals surface area (Å²) < 4.78 is 1.88. The van der Waals surface area contributed by atoms with E-state index < -0.39 is 5.60 Å². The Morgan fingerprint density at radius 2 is 1.74 bits per heavy atom. The molecule has 104 valence electrons. The van der Waals surface area contributed by atoms with Gasteiger partial charge in [-0.2, -0.15) is 5.10 Å². The second-order valence-electron chi connectivity index (χ2n) is 6.45. The Balaban J connectivity index is 2.70. The minimum atomic E-state index is -0.849. The highest BCUT2D eigenvalue weighted by atomic mass is 16.3. The summed E-state index contributed by atoms with van der Waals surface area (Å²) in [6.07, 6.45) is 1.97. The average Bonchev–Trinajstić information content (AvgIpc) is 2.68. The minimum absolute atomic E-state index is 0.379. The van der Waals surface area contributed by atoms with Crippen LogP contribution in [-0.2, 0) is 5.60 Å². The van der Waals surface area contributed by atoms with Crippen LogP contribution >= 0.6 is 0 Å². The molecule has 2 aromatic rings. The summed E-state index contributed by atoms with van der Waals surface area (Å²) >= 11 is 0. The highest BCUT2D eigenvalue weighted by Gasteiger charge is 2.23. The van der Waals surface area contributed by atoms with Crippen molar-refractivity contribution in [3.63, 3.8) is 0 Å². The van der Waals surface area contributed by atoms with Gasteiger partial charge in [0.05, 0.1) is 16.8 Å². The van der Waals surface area contributed by atoms with E-state index in [0.717, 1.165) is 16.8 Å². The first-order valence-electron chi connectivity index (χ1n) is 6.96. The maximum Gasteiger partial charge on any atom is 0.0858 e. The molecule has 2 rings (SSSR count). The van der Waals surface area contributed by atoms with Gasteiger partial charge in [-0.1, -0.05) is 27.7 Å². The molecule has 0 aliphatic carbocycles. The lowest BCUT2D eigenvalue weighted by Crippen LogP contribution is -2.19. The van der Waals surface area contributed by atoms with Crippen LogP contribution in [0.2, 0.25) is 0 Å². The van der Waals surface area contributed by atoms with Gasteiger partial charge >= 0.3 is 0 Å². The molecule has 0 amide bonds. The standard InChI is InChI=1S/C16H24N2O/c1-10(2)13-7-12-8-15(11(3)4)17-18(12)9-14(13)16(5,6)19/h7-11,19H,1-6H3. The van der Waals surface area contributed by atoms with E-state index in [-0.39, 0.29) is 0 Å². The Bertz CT molecular complexity index is 589. The minimum Gasteiger partial charge on any atom is -0.386 e. The normalized spacial score (nSPS) is 12.9. The Hall–Kier alpha value is -1.35. The first-order chi connectivity index (χ1) is 8.70. The van der Waals surface area contributed by atoms with E-state index in [1.54, 1.807) is 0 Å². The van der Waals surface area contributed by atoms with Crippen molar-refractivity contribution >= 4 is 5.52 Å². The van der Waals surface area contributed by atoms with Crippen LogP contribution in [0.5, 0.6) is 0 Å². The Morgan fingerprint density at radius 1 is 1.11 bits per heavy atom. The molecule has 0 unspecified atom stereocenters. The van der Waals surface area contributed by atoms with E-state index in [2.05, 4.69) is 44.9 Å². The van der Waals surface area contributed by atoms with Gasteiger partial charge in [0.25, 0.3) is 0 Å². The van der Waals surface area contributed by atoms with E-state index in [1.165, 1.54) is 5.56 Å². The molecule has 0 aliphatic rings. The summed E-state index contributed by atoms with van der Waals surface area (Å²) in [5.41, 5.74) is 3.48. The summed E-state index contributed by atoms with van der Waals surface area (Å²) in [5.74, 6) is 0.789. The largest absolute Gasteiger partial charge is 0.386 e. The third kappa shape index (κ3) is 2.66. The van der Waals surface area contributed by atoms with Crippen molar-refractivity contribution in [1.82, 2.24) is 9.61 Å². The number of nitrogens with zero attached hydrogens (tertiary/aromatic N) is 2. The van der Waals surface area contributed by atoms with Gasteiger partial charge in [0.1, 0.15) is 0 Å². The van der Waals surface area contributed by atoms with E-state index in [1.807, 2.05) is 24.6 Å². The molecule has 2 aromatic heterocycles. The smallest absolute Gasteiger partial charge is 0.0858 e. The molecule has 0 bridgehead atoms. The molecular weight excluding hydrogens is 236 g/mol. The fourth-order valence-electron chi connectivity index (χ4n) is 2.34. The second-order valence-corrected chi connectivity index (χ2v) is 6.45. The molecule has 2 heterocycles. The van der Waals surface area contributed by atoms with Crippen LogP contribution in [0.15, 0.2) is 18.3 Å². The van der Waals surface area contributed by atoms with Crippen LogP contribution in [0.4, 0.5) is 0 Å². The highest BCUT2D eigenvalue weighted by Crippen LogP contribution is 2.30. The van der Waals surface area contributed by atoms with Crippen molar-refractivity contribution in [2.75, 3.05) is 0 Å². The molecule has 1 N–H and O–H groups in total. The van der Waals surface area contributed by atoms with E-state index in [9.17, 15) is 5.11 Å². The van der Waals surface area contributed by atoms with Crippen molar-refractivity contribution in [3.8, 4) is 0 Å². The molecule has 3 heteroatoms. The Morgan fingerprint density at radius 3 is 2.21 bits per heavy atom. The Labute approximate surface area is 115 Å². The molecule has 0 radical (unpaired) electrons.